The Morgan fingerprint density at radius 2 is 1.92 bits per heavy atom. The maximum Gasteiger partial charge on any atom is 0.335 e. The van der Waals surface area contributed by atoms with Crippen LogP contribution in [0.2, 0.25) is 0 Å². The summed E-state index contributed by atoms with van der Waals surface area (Å²) in [5, 5.41) is 10.0. The highest BCUT2D eigenvalue weighted by Gasteiger charge is 2.26. The third kappa shape index (κ3) is 4.38. The lowest BCUT2D eigenvalue weighted by Crippen LogP contribution is -2.26. The molecule has 0 unspecified atom stereocenters. The summed E-state index contributed by atoms with van der Waals surface area (Å²) >= 11 is 0. The van der Waals surface area contributed by atoms with Gasteiger partial charge in [-0.1, -0.05) is 0 Å². The quantitative estimate of drug-likeness (QED) is 0.270. The highest BCUT2D eigenvalue weighted by atomic mass is 19.3. The van der Waals surface area contributed by atoms with Crippen molar-refractivity contribution in [3.63, 3.8) is 0 Å². The van der Waals surface area contributed by atoms with Crippen LogP contribution in [0.1, 0.15) is 22.3 Å². The number of halogens is 3. The van der Waals surface area contributed by atoms with E-state index < -0.39 is 24.8 Å². The van der Waals surface area contributed by atoms with E-state index in [1.54, 1.807) is 36.4 Å². The largest absolute Gasteiger partial charge is 0.488 e. The summed E-state index contributed by atoms with van der Waals surface area (Å²) in [6, 6.07) is 15.5. The number of carbonyl (C=O) groups is 1. The molecular formula is C28H20F3N3O4. The molecule has 0 saturated carbocycles. The molecule has 3 heterocycles. The smallest absolute Gasteiger partial charge is 0.335 e. The van der Waals surface area contributed by atoms with Crippen molar-refractivity contribution in [2.75, 3.05) is 18.1 Å². The number of rotatable bonds is 6. The van der Waals surface area contributed by atoms with E-state index in [1.165, 1.54) is 24.3 Å². The normalized spacial score (nSPS) is 13.3. The second-order valence-corrected chi connectivity index (χ2v) is 8.95. The van der Waals surface area contributed by atoms with Gasteiger partial charge in [-0.2, -0.15) is 0 Å². The number of nitrogens with zero attached hydrogens (tertiary/aromatic N) is 3. The standard InChI is InChI=1S/C28H20F3N3O4/c29-18-4-8-23-17(10-18)13-24(38-23)26-27(33-21-12-16(28(35)36)3-6-20(21)32-26)34-9-1-2-15-11-19(5-7-22(15)34)37-14-25(30)31/h3-8,10-13,25H,1-2,9,14H2,(H,35,36). The third-order valence-corrected chi connectivity index (χ3v) is 6.41. The summed E-state index contributed by atoms with van der Waals surface area (Å²) in [6.07, 6.45) is -1.13. The van der Waals surface area contributed by atoms with Crippen molar-refractivity contribution < 1.29 is 32.2 Å². The first kappa shape index (κ1) is 23.8. The zero-order valence-corrected chi connectivity index (χ0v) is 19.8. The third-order valence-electron chi connectivity index (χ3n) is 6.41. The van der Waals surface area contributed by atoms with E-state index >= 15 is 0 Å². The van der Waals surface area contributed by atoms with Crippen molar-refractivity contribution in [1.29, 1.82) is 0 Å². The Hall–Kier alpha value is -4.60. The topological polar surface area (TPSA) is 88.7 Å². The van der Waals surface area contributed by atoms with Crippen molar-refractivity contribution in [2.45, 2.75) is 19.3 Å². The van der Waals surface area contributed by atoms with Gasteiger partial charge in [0.15, 0.2) is 11.6 Å². The molecule has 2 aromatic heterocycles. The van der Waals surface area contributed by atoms with Gasteiger partial charge in [-0.25, -0.2) is 27.9 Å². The second kappa shape index (κ2) is 9.37. The molecule has 1 N–H and O–H groups in total. The van der Waals surface area contributed by atoms with Crippen LogP contribution in [0.25, 0.3) is 33.5 Å². The van der Waals surface area contributed by atoms with E-state index in [-0.39, 0.29) is 5.56 Å². The van der Waals surface area contributed by atoms with E-state index in [2.05, 4.69) is 0 Å². The number of hydrogen-bond acceptors (Lipinski definition) is 6. The van der Waals surface area contributed by atoms with Crippen LogP contribution in [0.4, 0.5) is 24.7 Å². The van der Waals surface area contributed by atoms with Crippen LogP contribution in [-0.2, 0) is 6.42 Å². The molecule has 3 aromatic carbocycles. The molecule has 0 bridgehead atoms. The van der Waals surface area contributed by atoms with Crippen molar-refractivity contribution in [1.82, 2.24) is 9.97 Å². The van der Waals surface area contributed by atoms with E-state index in [0.717, 1.165) is 17.7 Å². The molecule has 6 rings (SSSR count). The lowest BCUT2D eigenvalue weighted by molar-refractivity contribution is 0.0697. The number of fused-ring (bicyclic) bond motifs is 3. The maximum atomic E-state index is 13.8. The lowest BCUT2D eigenvalue weighted by atomic mass is 10.0. The predicted molar refractivity (Wildman–Crippen MR) is 135 cm³/mol. The SMILES string of the molecule is O=C(O)c1ccc2nc(-c3cc4cc(F)ccc4o3)c(N3CCCc4cc(OCC(F)F)ccc43)nc2c1. The van der Waals surface area contributed by atoms with Gasteiger partial charge in [-0.05, 0) is 79.1 Å². The fraction of sp³-hybridized carbons (Fsp3) is 0.179. The minimum absolute atomic E-state index is 0.0737. The number of alkyl halides is 2. The summed E-state index contributed by atoms with van der Waals surface area (Å²) in [5.41, 5.74) is 3.50. The highest BCUT2D eigenvalue weighted by Crippen LogP contribution is 2.40. The number of ether oxygens (including phenoxy) is 1. The molecule has 0 saturated heterocycles. The number of anilines is 2. The summed E-state index contributed by atoms with van der Waals surface area (Å²) in [4.78, 5) is 23.1. The van der Waals surface area contributed by atoms with Crippen LogP contribution in [0, 0.1) is 5.82 Å². The molecule has 0 aliphatic carbocycles. The number of hydrogen-bond donors (Lipinski definition) is 1. The summed E-state index contributed by atoms with van der Waals surface area (Å²) in [7, 11) is 0. The van der Waals surface area contributed by atoms with Crippen LogP contribution in [0.15, 0.2) is 65.1 Å². The van der Waals surface area contributed by atoms with Crippen molar-refractivity contribution in [3.05, 3.63) is 77.6 Å². The van der Waals surface area contributed by atoms with E-state index in [9.17, 15) is 23.1 Å². The molecule has 192 valence electrons. The molecule has 0 spiro atoms. The second-order valence-electron chi connectivity index (χ2n) is 8.95. The Kier molecular flexibility index (Phi) is 5.86. The number of carboxylic acids is 1. The average Bonchev–Trinajstić information content (AvgIpc) is 3.33. The Labute approximate surface area is 214 Å². The first-order chi connectivity index (χ1) is 18.4. The first-order valence-corrected chi connectivity index (χ1v) is 11.9. The Morgan fingerprint density at radius 1 is 1.05 bits per heavy atom. The fourth-order valence-electron chi connectivity index (χ4n) is 4.70. The van der Waals surface area contributed by atoms with Crippen LogP contribution in [0.3, 0.4) is 0 Å². The molecule has 38 heavy (non-hydrogen) atoms. The Morgan fingerprint density at radius 3 is 2.74 bits per heavy atom. The number of aromatic nitrogens is 2. The van der Waals surface area contributed by atoms with Gasteiger partial charge in [0.2, 0.25) is 0 Å². The lowest BCUT2D eigenvalue weighted by Gasteiger charge is -2.31. The van der Waals surface area contributed by atoms with Crippen LogP contribution >= 0.6 is 0 Å². The molecular weight excluding hydrogens is 499 g/mol. The summed E-state index contributed by atoms with van der Waals surface area (Å²) < 4.78 is 50.4. The van der Waals surface area contributed by atoms with Gasteiger partial charge in [-0.15, -0.1) is 0 Å². The van der Waals surface area contributed by atoms with Crippen molar-refractivity contribution >= 4 is 39.5 Å². The van der Waals surface area contributed by atoms with Crippen LogP contribution < -0.4 is 9.64 Å². The van der Waals surface area contributed by atoms with Crippen molar-refractivity contribution in [2.24, 2.45) is 0 Å². The number of benzene rings is 3. The minimum Gasteiger partial charge on any atom is -0.488 e. The van der Waals surface area contributed by atoms with Gasteiger partial charge in [0, 0.05) is 17.6 Å². The monoisotopic (exact) mass is 519 g/mol. The van der Waals surface area contributed by atoms with Gasteiger partial charge in [0.25, 0.3) is 6.43 Å². The summed E-state index contributed by atoms with van der Waals surface area (Å²) in [5.74, 6) is -0.326. The van der Waals surface area contributed by atoms with Gasteiger partial charge in [0.1, 0.15) is 29.5 Å². The van der Waals surface area contributed by atoms with Gasteiger partial charge < -0.3 is 19.2 Å². The molecule has 0 fully saturated rings. The molecule has 1 aliphatic rings. The fourth-order valence-corrected chi connectivity index (χ4v) is 4.70. The minimum atomic E-state index is -2.58. The number of aryl methyl sites for hydroxylation is 1. The zero-order valence-electron chi connectivity index (χ0n) is 19.8. The van der Waals surface area contributed by atoms with E-state index in [1.807, 2.05) is 4.90 Å². The summed E-state index contributed by atoms with van der Waals surface area (Å²) in [6.45, 7) is -0.119. The Balaban J connectivity index is 1.52. The average molecular weight is 519 g/mol. The molecule has 0 radical (unpaired) electrons. The molecule has 1 aliphatic heterocycles. The van der Waals surface area contributed by atoms with Crippen LogP contribution in [0.5, 0.6) is 5.75 Å². The number of aromatic carboxylic acids is 1. The van der Waals surface area contributed by atoms with Crippen molar-refractivity contribution in [3.8, 4) is 17.2 Å². The molecule has 0 atom stereocenters. The number of carboxylic acid groups (broad SMARTS) is 1. The molecule has 7 nitrogen and oxygen atoms in total. The predicted octanol–water partition coefficient (Wildman–Crippen LogP) is 6.61. The first-order valence-electron chi connectivity index (χ1n) is 11.9. The van der Waals surface area contributed by atoms with E-state index in [0.29, 0.717) is 58.0 Å². The molecule has 10 heteroatoms. The highest BCUT2D eigenvalue weighted by molar-refractivity contribution is 5.94. The number of furan rings is 1. The van der Waals surface area contributed by atoms with Gasteiger partial charge >= 0.3 is 5.97 Å². The zero-order chi connectivity index (χ0) is 26.4. The Bertz CT molecular complexity index is 1700. The molecule has 0 amide bonds. The van der Waals surface area contributed by atoms with Gasteiger partial charge in [-0.3, -0.25) is 0 Å². The maximum absolute atomic E-state index is 13.8. The van der Waals surface area contributed by atoms with Crippen LogP contribution in [-0.4, -0.2) is 40.6 Å². The van der Waals surface area contributed by atoms with Gasteiger partial charge in [0.05, 0.1) is 16.6 Å². The molecule has 5 aromatic rings. The van der Waals surface area contributed by atoms with E-state index in [4.69, 9.17) is 19.1 Å².